The number of ether oxygens (including phenoxy) is 1. The van der Waals surface area contributed by atoms with E-state index in [1.807, 2.05) is 0 Å². The third-order valence-electron chi connectivity index (χ3n) is 8.47. The first-order valence-electron chi connectivity index (χ1n) is 11.3. The number of hydrogen-bond donors (Lipinski definition) is 0. The molecule has 2 heterocycles. The van der Waals surface area contributed by atoms with Gasteiger partial charge in [0.15, 0.2) is 0 Å². The quantitative estimate of drug-likeness (QED) is 0.472. The number of allylic oxidation sites excluding steroid dienone is 3. The molecule has 1 saturated carbocycles. The molecule has 148 valence electrons. The van der Waals surface area contributed by atoms with Crippen LogP contribution in [0.15, 0.2) is 121 Å². The molecule has 3 aromatic rings. The lowest BCUT2D eigenvalue weighted by Gasteiger charge is -2.44. The third-order valence-corrected chi connectivity index (χ3v) is 8.47. The normalized spacial score (nSPS) is 39.5. The van der Waals surface area contributed by atoms with Gasteiger partial charge in [0.2, 0.25) is 0 Å². The van der Waals surface area contributed by atoms with Gasteiger partial charge in [0, 0.05) is 0 Å². The molecule has 2 fully saturated rings. The van der Waals surface area contributed by atoms with E-state index in [9.17, 15) is 0 Å². The summed E-state index contributed by atoms with van der Waals surface area (Å²) in [4.78, 5) is 0. The van der Waals surface area contributed by atoms with Crippen LogP contribution in [0.5, 0.6) is 0 Å². The minimum Gasteiger partial charge on any atom is -0.344 e. The van der Waals surface area contributed by atoms with Crippen LogP contribution in [0.2, 0.25) is 0 Å². The van der Waals surface area contributed by atoms with Gasteiger partial charge in [-0.3, -0.25) is 0 Å². The molecule has 1 heteroatoms. The van der Waals surface area contributed by atoms with E-state index in [1.165, 1.54) is 27.8 Å². The van der Waals surface area contributed by atoms with Crippen molar-refractivity contribution in [3.8, 4) is 0 Å². The molecule has 1 nitrogen and oxygen atoms in total. The van der Waals surface area contributed by atoms with Gasteiger partial charge in [-0.25, -0.2) is 0 Å². The van der Waals surface area contributed by atoms with Gasteiger partial charge >= 0.3 is 0 Å². The van der Waals surface area contributed by atoms with Crippen LogP contribution in [0.1, 0.15) is 22.3 Å². The lowest BCUT2D eigenvalue weighted by Crippen LogP contribution is -2.43. The Morgan fingerprint density at radius 2 is 1.16 bits per heavy atom. The Morgan fingerprint density at radius 1 is 0.581 bits per heavy atom. The molecule has 6 aliphatic rings. The van der Waals surface area contributed by atoms with Gasteiger partial charge < -0.3 is 4.74 Å². The zero-order valence-corrected chi connectivity index (χ0v) is 17.1. The maximum Gasteiger partial charge on any atom is 0.143 e. The van der Waals surface area contributed by atoms with E-state index < -0.39 is 11.2 Å². The first-order valence-corrected chi connectivity index (χ1v) is 11.3. The summed E-state index contributed by atoms with van der Waals surface area (Å²) in [5.41, 5.74) is 5.02. The summed E-state index contributed by atoms with van der Waals surface area (Å²) < 4.78 is 7.51. The van der Waals surface area contributed by atoms with E-state index in [1.54, 1.807) is 0 Å². The van der Waals surface area contributed by atoms with Crippen LogP contribution in [-0.4, -0.2) is 0 Å². The van der Waals surface area contributed by atoms with Crippen LogP contribution in [0.25, 0.3) is 0 Å². The highest BCUT2D eigenvalue weighted by molar-refractivity contribution is 5.71. The van der Waals surface area contributed by atoms with Crippen LogP contribution in [0.3, 0.4) is 0 Å². The van der Waals surface area contributed by atoms with Crippen LogP contribution in [0, 0.1) is 23.2 Å². The molecule has 1 spiro atoms. The predicted octanol–water partition coefficient (Wildman–Crippen LogP) is 6.13. The molecular weight excluding hydrogens is 376 g/mol. The molecule has 6 bridgehead atoms. The summed E-state index contributed by atoms with van der Waals surface area (Å²) in [6.45, 7) is 0. The van der Waals surface area contributed by atoms with Gasteiger partial charge in [-0.05, 0) is 45.6 Å². The fourth-order valence-corrected chi connectivity index (χ4v) is 7.16. The molecule has 31 heavy (non-hydrogen) atoms. The molecule has 2 aliphatic heterocycles. The van der Waals surface area contributed by atoms with Crippen LogP contribution < -0.4 is 0 Å². The number of rotatable bonds is 2. The van der Waals surface area contributed by atoms with Crippen molar-refractivity contribution in [3.05, 3.63) is 143 Å². The van der Waals surface area contributed by atoms with E-state index in [-0.39, 0.29) is 5.41 Å². The number of fused-ring (bicyclic) bond motifs is 5. The molecule has 9 rings (SSSR count). The van der Waals surface area contributed by atoms with Crippen molar-refractivity contribution in [1.29, 1.82) is 0 Å². The van der Waals surface area contributed by atoms with Crippen LogP contribution >= 0.6 is 0 Å². The Labute approximate surface area is 182 Å². The Hall–Kier alpha value is -3.16. The van der Waals surface area contributed by atoms with Crippen LogP contribution in [0.4, 0.5) is 0 Å². The van der Waals surface area contributed by atoms with Gasteiger partial charge in [0.1, 0.15) is 11.2 Å². The summed E-state index contributed by atoms with van der Waals surface area (Å²) >= 11 is 0. The Bertz CT molecular complexity index is 1310. The standard InChI is InChI=1S/C30H22O/c1-3-9-20(10-4-1)29-25-13-7-8-14-26(25)30(31-29,21-11-5-2-6-12-21)28-17-15-22-23(16-18-28)24(22)19-27(28)29/h1-19,22-24H/t22-,23?,24?,28?,29-,30+/m1/s1. The Balaban J connectivity index is 1.58. The smallest absolute Gasteiger partial charge is 0.143 e. The lowest BCUT2D eigenvalue weighted by atomic mass is 9.55. The van der Waals surface area contributed by atoms with E-state index in [4.69, 9.17) is 4.74 Å². The highest BCUT2D eigenvalue weighted by Crippen LogP contribution is 2.77. The van der Waals surface area contributed by atoms with Crippen molar-refractivity contribution in [1.82, 2.24) is 0 Å². The monoisotopic (exact) mass is 398 g/mol. The molecule has 0 amide bonds. The van der Waals surface area contributed by atoms with E-state index in [0.29, 0.717) is 17.8 Å². The van der Waals surface area contributed by atoms with Crippen molar-refractivity contribution < 1.29 is 4.74 Å². The summed E-state index contributed by atoms with van der Waals surface area (Å²) in [6.07, 6.45) is 12.5. The molecule has 1 saturated heterocycles. The predicted molar refractivity (Wildman–Crippen MR) is 121 cm³/mol. The first-order chi connectivity index (χ1) is 15.3. The van der Waals surface area contributed by atoms with E-state index in [2.05, 4.69) is 115 Å². The molecule has 6 atom stereocenters. The zero-order valence-electron chi connectivity index (χ0n) is 17.1. The summed E-state index contributed by atoms with van der Waals surface area (Å²) in [7, 11) is 0. The topological polar surface area (TPSA) is 9.23 Å². The highest BCUT2D eigenvalue weighted by atomic mass is 16.5. The maximum absolute atomic E-state index is 7.51. The summed E-state index contributed by atoms with van der Waals surface area (Å²) in [6, 6.07) is 30.7. The maximum atomic E-state index is 7.51. The van der Waals surface area contributed by atoms with Crippen molar-refractivity contribution in [2.75, 3.05) is 0 Å². The van der Waals surface area contributed by atoms with Gasteiger partial charge in [-0.1, -0.05) is 115 Å². The van der Waals surface area contributed by atoms with Gasteiger partial charge in [0.05, 0.1) is 5.41 Å². The molecule has 3 unspecified atom stereocenters. The second kappa shape index (κ2) is 5.18. The summed E-state index contributed by atoms with van der Waals surface area (Å²) in [5.74, 6) is 1.86. The molecule has 0 N–H and O–H groups in total. The largest absolute Gasteiger partial charge is 0.344 e. The molecular formula is C30H22O. The van der Waals surface area contributed by atoms with Gasteiger partial charge in [-0.15, -0.1) is 0 Å². The fraction of sp³-hybridized carbons (Fsp3) is 0.200. The number of hydrogen-bond acceptors (Lipinski definition) is 1. The third kappa shape index (κ3) is 1.63. The molecule has 4 aliphatic carbocycles. The zero-order chi connectivity index (χ0) is 20.3. The van der Waals surface area contributed by atoms with Crippen molar-refractivity contribution in [2.45, 2.75) is 11.2 Å². The fourth-order valence-electron chi connectivity index (χ4n) is 7.16. The van der Waals surface area contributed by atoms with Crippen LogP contribution in [-0.2, 0) is 15.9 Å². The Morgan fingerprint density at radius 3 is 1.84 bits per heavy atom. The second-order valence-electron chi connectivity index (χ2n) is 9.64. The second-order valence-corrected chi connectivity index (χ2v) is 9.64. The average molecular weight is 399 g/mol. The summed E-state index contributed by atoms with van der Waals surface area (Å²) in [5, 5.41) is 0. The number of benzene rings is 3. The van der Waals surface area contributed by atoms with Crippen molar-refractivity contribution in [3.63, 3.8) is 0 Å². The molecule has 0 aromatic heterocycles. The molecule has 0 radical (unpaired) electrons. The van der Waals surface area contributed by atoms with Gasteiger partial charge in [0.25, 0.3) is 0 Å². The average Bonchev–Trinajstić information content (AvgIpc) is 3.48. The van der Waals surface area contributed by atoms with Crippen molar-refractivity contribution >= 4 is 0 Å². The lowest BCUT2D eigenvalue weighted by molar-refractivity contribution is -0.0533. The molecule has 3 aromatic carbocycles. The Kier molecular flexibility index (Phi) is 2.76. The SMILES string of the molecule is C1=CC23C=C[C@@H]4C1C4C=C2[C@]1(c2ccccc2)O[C@@]3(c2ccccc2)c2ccccc21. The van der Waals surface area contributed by atoms with Gasteiger partial charge in [-0.2, -0.15) is 0 Å². The van der Waals surface area contributed by atoms with E-state index >= 15 is 0 Å². The highest BCUT2D eigenvalue weighted by Gasteiger charge is 2.75. The van der Waals surface area contributed by atoms with Crippen molar-refractivity contribution in [2.24, 2.45) is 23.2 Å². The van der Waals surface area contributed by atoms with E-state index in [0.717, 1.165) is 0 Å². The minimum absolute atomic E-state index is 0.309. The minimum atomic E-state index is -0.571. The first kappa shape index (κ1) is 16.5.